The van der Waals surface area contributed by atoms with E-state index in [-0.39, 0.29) is 17.7 Å². The van der Waals surface area contributed by atoms with Gasteiger partial charge >= 0.3 is 0 Å². The summed E-state index contributed by atoms with van der Waals surface area (Å²) in [6.45, 7) is 9.25. The summed E-state index contributed by atoms with van der Waals surface area (Å²) in [4.78, 5) is 28.1. The molecular formula is C16H21N3O2S. The molecule has 6 heteroatoms. The lowest BCUT2D eigenvalue weighted by Gasteiger charge is -2.20. The van der Waals surface area contributed by atoms with E-state index in [1.807, 2.05) is 27.7 Å². The number of hydrogen-bond donors (Lipinski definition) is 2. The van der Waals surface area contributed by atoms with Crippen molar-refractivity contribution in [3.8, 4) is 0 Å². The van der Waals surface area contributed by atoms with Crippen molar-refractivity contribution < 1.29 is 9.59 Å². The fourth-order valence-electron chi connectivity index (χ4n) is 2.36. The van der Waals surface area contributed by atoms with Gasteiger partial charge in [0.25, 0.3) is 0 Å². The zero-order valence-corrected chi connectivity index (χ0v) is 14.3. The number of thiazole rings is 1. The minimum Gasteiger partial charge on any atom is -0.344 e. The zero-order valence-electron chi connectivity index (χ0n) is 13.5. The van der Waals surface area contributed by atoms with Crippen LogP contribution in [0.5, 0.6) is 0 Å². The van der Waals surface area contributed by atoms with E-state index in [1.165, 1.54) is 23.8 Å². The minimum absolute atomic E-state index is 0.00209. The molecule has 1 aromatic carbocycles. The summed E-state index contributed by atoms with van der Waals surface area (Å²) in [6, 6.07) is 3.57. The first-order chi connectivity index (χ1) is 10.3. The molecule has 118 valence electrons. The molecule has 2 amide bonds. The number of nitrogens with one attached hydrogen (secondary N) is 2. The Morgan fingerprint density at radius 3 is 2.50 bits per heavy atom. The molecule has 5 nitrogen and oxygen atoms in total. The molecule has 0 spiro atoms. The predicted molar refractivity (Wildman–Crippen MR) is 90.2 cm³/mol. The summed E-state index contributed by atoms with van der Waals surface area (Å²) in [5, 5.41) is 6.06. The molecule has 0 fully saturated rings. The number of amides is 2. The van der Waals surface area contributed by atoms with Gasteiger partial charge in [-0.05, 0) is 37.0 Å². The minimum atomic E-state index is -0.563. The van der Waals surface area contributed by atoms with E-state index >= 15 is 0 Å². The molecule has 2 aromatic rings. The summed E-state index contributed by atoms with van der Waals surface area (Å²) >= 11 is 1.45. The number of anilines is 1. The van der Waals surface area contributed by atoms with E-state index in [9.17, 15) is 9.59 Å². The monoisotopic (exact) mass is 319 g/mol. The molecule has 0 aliphatic carbocycles. The number of aromatic nitrogens is 1. The first kappa shape index (κ1) is 16.4. The summed E-state index contributed by atoms with van der Waals surface area (Å²) in [6.07, 6.45) is 0. The van der Waals surface area contributed by atoms with Gasteiger partial charge < -0.3 is 10.6 Å². The normalized spacial score (nSPS) is 12.5. The van der Waals surface area contributed by atoms with Crippen LogP contribution in [-0.2, 0) is 9.59 Å². The largest absolute Gasteiger partial charge is 0.344 e. The van der Waals surface area contributed by atoms with Gasteiger partial charge in [0.05, 0.1) is 10.2 Å². The molecule has 1 unspecified atom stereocenters. The zero-order chi connectivity index (χ0) is 16.4. The van der Waals surface area contributed by atoms with Gasteiger partial charge in [0.15, 0.2) is 5.13 Å². The van der Waals surface area contributed by atoms with E-state index in [2.05, 4.69) is 27.8 Å². The predicted octanol–water partition coefficient (Wildman–Crippen LogP) is 3.01. The van der Waals surface area contributed by atoms with E-state index in [0.29, 0.717) is 5.13 Å². The Hall–Kier alpha value is -1.95. The van der Waals surface area contributed by atoms with Crippen molar-refractivity contribution in [3.05, 3.63) is 23.3 Å². The third-order valence-corrected chi connectivity index (χ3v) is 4.29. The summed E-state index contributed by atoms with van der Waals surface area (Å²) in [7, 11) is 0. The summed E-state index contributed by atoms with van der Waals surface area (Å²) in [5.41, 5.74) is 3.17. The molecule has 0 saturated carbocycles. The van der Waals surface area contributed by atoms with Gasteiger partial charge in [0.1, 0.15) is 6.04 Å². The average Bonchev–Trinajstić information content (AvgIpc) is 2.77. The fourth-order valence-corrected chi connectivity index (χ4v) is 3.41. The van der Waals surface area contributed by atoms with E-state index in [1.54, 1.807) is 0 Å². The number of carbonyl (C=O) groups is 2. The molecular weight excluding hydrogens is 298 g/mol. The standard InChI is InChI=1S/C16H21N3O2S/c1-8(2)13(17-11(5)20)15(21)19-16-18-14-10(4)6-9(3)7-12(14)22-16/h6-8,13H,1-5H3,(H,17,20)(H,18,19,21). The van der Waals surface area contributed by atoms with Crippen molar-refractivity contribution >= 4 is 38.5 Å². The third kappa shape index (κ3) is 3.62. The molecule has 1 aromatic heterocycles. The Balaban J connectivity index is 2.24. The molecule has 0 aliphatic rings. The second kappa shape index (κ2) is 6.44. The van der Waals surface area contributed by atoms with Crippen LogP contribution in [-0.4, -0.2) is 22.8 Å². The van der Waals surface area contributed by atoms with Crippen molar-refractivity contribution in [2.24, 2.45) is 5.92 Å². The average molecular weight is 319 g/mol. The first-order valence-electron chi connectivity index (χ1n) is 7.23. The van der Waals surface area contributed by atoms with Gasteiger partial charge in [-0.1, -0.05) is 31.3 Å². The number of benzene rings is 1. The van der Waals surface area contributed by atoms with Crippen molar-refractivity contribution in [1.29, 1.82) is 0 Å². The van der Waals surface area contributed by atoms with Crippen LogP contribution < -0.4 is 10.6 Å². The second-order valence-electron chi connectivity index (χ2n) is 5.86. The smallest absolute Gasteiger partial charge is 0.248 e. The maximum atomic E-state index is 12.4. The van der Waals surface area contributed by atoms with Crippen molar-refractivity contribution in [2.45, 2.75) is 40.7 Å². The highest BCUT2D eigenvalue weighted by Gasteiger charge is 2.24. The molecule has 0 saturated heterocycles. The molecule has 0 bridgehead atoms. The van der Waals surface area contributed by atoms with Crippen molar-refractivity contribution in [2.75, 3.05) is 5.32 Å². The molecule has 1 heterocycles. The number of nitrogens with zero attached hydrogens (tertiary/aromatic N) is 1. The van der Waals surface area contributed by atoms with E-state index < -0.39 is 6.04 Å². The van der Waals surface area contributed by atoms with Crippen LogP contribution in [0.3, 0.4) is 0 Å². The lowest BCUT2D eigenvalue weighted by atomic mass is 10.0. The lowest BCUT2D eigenvalue weighted by Crippen LogP contribution is -2.46. The highest BCUT2D eigenvalue weighted by atomic mass is 32.1. The van der Waals surface area contributed by atoms with E-state index in [4.69, 9.17) is 0 Å². The number of fused-ring (bicyclic) bond motifs is 1. The highest BCUT2D eigenvalue weighted by molar-refractivity contribution is 7.22. The molecule has 22 heavy (non-hydrogen) atoms. The van der Waals surface area contributed by atoms with Crippen LogP contribution in [0.15, 0.2) is 12.1 Å². The maximum Gasteiger partial charge on any atom is 0.248 e. The van der Waals surface area contributed by atoms with Gasteiger partial charge in [-0.3, -0.25) is 9.59 Å². The number of aryl methyl sites for hydroxylation is 2. The van der Waals surface area contributed by atoms with Gasteiger partial charge in [-0.15, -0.1) is 0 Å². The SMILES string of the molecule is CC(=O)NC(C(=O)Nc1nc2c(C)cc(C)cc2s1)C(C)C. The van der Waals surface area contributed by atoms with E-state index in [0.717, 1.165) is 15.8 Å². The van der Waals surface area contributed by atoms with Crippen LogP contribution in [0.1, 0.15) is 31.9 Å². The van der Waals surface area contributed by atoms with Gasteiger partial charge in [0.2, 0.25) is 11.8 Å². The number of rotatable bonds is 4. The maximum absolute atomic E-state index is 12.4. The Labute approximate surface area is 134 Å². The summed E-state index contributed by atoms with van der Waals surface area (Å²) in [5.74, 6) is -0.453. The quantitative estimate of drug-likeness (QED) is 0.910. The third-order valence-electron chi connectivity index (χ3n) is 3.37. The Morgan fingerprint density at radius 2 is 1.91 bits per heavy atom. The Kier molecular flexibility index (Phi) is 4.81. The number of carbonyl (C=O) groups excluding carboxylic acids is 2. The van der Waals surface area contributed by atoms with Crippen LogP contribution in [0, 0.1) is 19.8 Å². The second-order valence-corrected chi connectivity index (χ2v) is 6.89. The Morgan fingerprint density at radius 1 is 1.23 bits per heavy atom. The van der Waals surface area contributed by atoms with Crippen molar-refractivity contribution in [1.82, 2.24) is 10.3 Å². The van der Waals surface area contributed by atoms with Crippen LogP contribution in [0.4, 0.5) is 5.13 Å². The first-order valence-corrected chi connectivity index (χ1v) is 8.05. The van der Waals surface area contributed by atoms with Gasteiger partial charge in [-0.2, -0.15) is 0 Å². The van der Waals surface area contributed by atoms with Crippen LogP contribution in [0.25, 0.3) is 10.2 Å². The highest BCUT2D eigenvalue weighted by Crippen LogP contribution is 2.29. The topological polar surface area (TPSA) is 71.1 Å². The molecule has 2 N–H and O–H groups in total. The Bertz CT molecular complexity index is 721. The molecule has 2 rings (SSSR count). The van der Waals surface area contributed by atoms with Gasteiger partial charge in [-0.25, -0.2) is 4.98 Å². The molecule has 0 radical (unpaired) electrons. The number of hydrogen-bond acceptors (Lipinski definition) is 4. The molecule has 1 atom stereocenters. The molecule has 0 aliphatic heterocycles. The van der Waals surface area contributed by atoms with Gasteiger partial charge in [0, 0.05) is 6.92 Å². The summed E-state index contributed by atoms with van der Waals surface area (Å²) < 4.78 is 1.05. The van der Waals surface area contributed by atoms with Crippen LogP contribution in [0.2, 0.25) is 0 Å². The van der Waals surface area contributed by atoms with Crippen molar-refractivity contribution in [3.63, 3.8) is 0 Å². The van der Waals surface area contributed by atoms with Crippen LogP contribution >= 0.6 is 11.3 Å². The lowest BCUT2D eigenvalue weighted by molar-refractivity contribution is -0.126. The fraction of sp³-hybridized carbons (Fsp3) is 0.438.